The molecule has 198 valence electrons. The minimum Gasteiger partial charge on any atom is -0.507 e. The molecule has 38 heavy (non-hydrogen) atoms. The van der Waals surface area contributed by atoms with Crippen LogP contribution in [0.25, 0.3) is 0 Å². The lowest BCUT2D eigenvalue weighted by molar-refractivity contribution is -0.116. The summed E-state index contributed by atoms with van der Waals surface area (Å²) in [5.74, 6) is 0.0797. The molecular weight excluding hydrogens is 475 g/mol. The number of benzene rings is 3. The summed E-state index contributed by atoms with van der Waals surface area (Å²) < 4.78 is 13.6. The van der Waals surface area contributed by atoms with Crippen LogP contribution in [0.1, 0.15) is 88.6 Å². The number of fused-ring (bicyclic) bond motifs is 1. The summed E-state index contributed by atoms with van der Waals surface area (Å²) in [6, 6.07) is 18.2. The average Bonchev–Trinajstić information content (AvgIpc) is 3.00. The van der Waals surface area contributed by atoms with Crippen LogP contribution in [0, 0.1) is 5.82 Å². The molecule has 3 aromatic carbocycles. The topological polar surface area (TPSA) is 61.4 Å². The quantitative estimate of drug-likeness (QED) is 0.325. The van der Waals surface area contributed by atoms with Gasteiger partial charge in [-0.15, -0.1) is 0 Å². The monoisotopic (exact) mass is 512 g/mol. The van der Waals surface area contributed by atoms with E-state index >= 15 is 0 Å². The number of phenolic OH excluding ortho intramolecular Hbond substituents is 1. The van der Waals surface area contributed by atoms with E-state index in [4.69, 9.17) is 0 Å². The predicted octanol–water partition coefficient (Wildman–Crippen LogP) is 8.11. The fraction of sp³-hybridized carbons (Fsp3) is 0.364. The molecule has 3 N–H and O–H groups in total. The largest absolute Gasteiger partial charge is 0.507 e. The third-order valence-corrected chi connectivity index (χ3v) is 7.73. The Kier molecular flexibility index (Phi) is 6.37. The van der Waals surface area contributed by atoms with Crippen LogP contribution >= 0.6 is 0 Å². The van der Waals surface area contributed by atoms with Gasteiger partial charge in [0.2, 0.25) is 0 Å². The van der Waals surface area contributed by atoms with Gasteiger partial charge in [0.25, 0.3) is 0 Å². The van der Waals surface area contributed by atoms with Crippen LogP contribution in [-0.4, -0.2) is 10.9 Å². The van der Waals surface area contributed by atoms with Gasteiger partial charge in [-0.05, 0) is 81.8 Å². The molecule has 0 spiro atoms. The first kappa shape index (κ1) is 26.0. The van der Waals surface area contributed by atoms with Gasteiger partial charge in [0.15, 0.2) is 5.78 Å². The standard InChI is InChI=1S/C33H37FN2O2/c1-32(2,3)23-15-21(16-24(31(23)38)33(4,5)6)30-29-27(35-25-9-7-8-10-26(25)36-30)17-20(18-28(29)37)19-11-13-22(34)14-12-19/h7-16,20,30,35-36,38H,17-18H2,1-6H3/t20-,30+/m0/s1. The number of Topliss-reactive ketones (excluding diaryl/α,β-unsaturated/α-hetero) is 1. The maximum atomic E-state index is 13.9. The second kappa shape index (κ2) is 9.30. The second-order valence-electron chi connectivity index (χ2n) is 12.7. The molecule has 0 saturated carbocycles. The van der Waals surface area contributed by atoms with Crippen molar-refractivity contribution in [2.45, 2.75) is 77.2 Å². The molecule has 0 amide bonds. The summed E-state index contributed by atoms with van der Waals surface area (Å²) in [7, 11) is 0. The summed E-state index contributed by atoms with van der Waals surface area (Å²) in [5, 5.41) is 18.6. The first-order chi connectivity index (χ1) is 17.8. The van der Waals surface area contributed by atoms with Crippen molar-refractivity contribution < 1.29 is 14.3 Å². The number of nitrogens with one attached hydrogen (secondary N) is 2. The number of aromatic hydroxyl groups is 1. The summed E-state index contributed by atoms with van der Waals surface area (Å²) in [6.07, 6.45) is 1.01. The molecule has 1 aliphatic carbocycles. The van der Waals surface area contributed by atoms with Gasteiger partial charge in [0, 0.05) is 17.7 Å². The van der Waals surface area contributed by atoms with Crippen LogP contribution in [0.15, 0.2) is 71.9 Å². The summed E-state index contributed by atoms with van der Waals surface area (Å²) in [5.41, 5.74) is 6.52. The van der Waals surface area contributed by atoms with Crippen molar-refractivity contribution in [2.24, 2.45) is 0 Å². The van der Waals surface area contributed by atoms with E-state index in [1.54, 1.807) is 12.1 Å². The molecule has 0 saturated heterocycles. The molecule has 1 heterocycles. The van der Waals surface area contributed by atoms with E-state index < -0.39 is 0 Å². The highest BCUT2D eigenvalue weighted by Gasteiger charge is 2.37. The fourth-order valence-electron chi connectivity index (χ4n) is 5.68. The summed E-state index contributed by atoms with van der Waals surface area (Å²) in [4.78, 5) is 13.9. The van der Waals surface area contributed by atoms with E-state index in [0.717, 1.165) is 44.9 Å². The van der Waals surface area contributed by atoms with Crippen molar-refractivity contribution in [3.05, 3.63) is 100 Å². The summed E-state index contributed by atoms with van der Waals surface area (Å²) in [6.45, 7) is 12.6. The lowest BCUT2D eigenvalue weighted by Gasteiger charge is -2.33. The molecule has 0 aromatic heterocycles. The van der Waals surface area contributed by atoms with E-state index in [1.165, 1.54) is 12.1 Å². The lowest BCUT2D eigenvalue weighted by Crippen LogP contribution is -2.27. The molecule has 0 radical (unpaired) electrons. The fourth-order valence-corrected chi connectivity index (χ4v) is 5.68. The molecule has 5 heteroatoms. The van der Waals surface area contributed by atoms with Gasteiger partial charge in [-0.2, -0.15) is 0 Å². The maximum Gasteiger partial charge on any atom is 0.163 e. The Morgan fingerprint density at radius 3 is 1.97 bits per heavy atom. The Morgan fingerprint density at radius 2 is 1.39 bits per heavy atom. The number of rotatable bonds is 2. The molecule has 4 nitrogen and oxygen atoms in total. The predicted molar refractivity (Wildman–Crippen MR) is 152 cm³/mol. The summed E-state index contributed by atoms with van der Waals surface area (Å²) >= 11 is 0. The minimum atomic E-state index is -0.384. The highest BCUT2D eigenvalue weighted by molar-refractivity contribution is 6.01. The Labute approximate surface area is 225 Å². The van der Waals surface area contributed by atoms with Crippen molar-refractivity contribution >= 4 is 17.2 Å². The van der Waals surface area contributed by atoms with Gasteiger partial charge in [-0.25, -0.2) is 4.39 Å². The third-order valence-electron chi connectivity index (χ3n) is 7.73. The Morgan fingerprint density at radius 1 is 0.816 bits per heavy atom. The van der Waals surface area contributed by atoms with Gasteiger partial charge in [-0.3, -0.25) is 4.79 Å². The van der Waals surface area contributed by atoms with Crippen molar-refractivity contribution in [3.63, 3.8) is 0 Å². The van der Waals surface area contributed by atoms with Crippen molar-refractivity contribution in [1.29, 1.82) is 0 Å². The Balaban J connectivity index is 1.69. The molecule has 0 bridgehead atoms. The molecule has 2 aliphatic rings. The number of hydrogen-bond acceptors (Lipinski definition) is 4. The molecule has 5 rings (SSSR count). The number of carbonyl (C=O) groups is 1. The first-order valence-corrected chi connectivity index (χ1v) is 13.3. The van der Waals surface area contributed by atoms with E-state index in [9.17, 15) is 14.3 Å². The molecule has 0 unspecified atom stereocenters. The van der Waals surface area contributed by atoms with Crippen molar-refractivity contribution in [1.82, 2.24) is 0 Å². The van der Waals surface area contributed by atoms with Crippen LogP contribution in [-0.2, 0) is 15.6 Å². The number of hydrogen-bond donors (Lipinski definition) is 3. The number of carbonyl (C=O) groups excluding carboxylic acids is 1. The van der Waals surface area contributed by atoms with Crippen LogP contribution in [0.5, 0.6) is 5.75 Å². The highest BCUT2D eigenvalue weighted by atomic mass is 19.1. The number of anilines is 2. The van der Waals surface area contributed by atoms with Crippen LogP contribution in [0.2, 0.25) is 0 Å². The zero-order chi connectivity index (χ0) is 27.4. The normalized spacial score (nSPS) is 19.7. The zero-order valence-electron chi connectivity index (χ0n) is 23.1. The number of para-hydroxylation sites is 2. The third kappa shape index (κ3) is 4.82. The van der Waals surface area contributed by atoms with Crippen LogP contribution < -0.4 is 10.6 Å². The van der Waals surface area contributed by atoms with E-state index in [1.807, 2.05) is 24.3 Å². The highest BCUT2D eigenvalue weighted by Crippen LogP contribution is 2.47. The van der Waals surface area contributed by atoms with Gasteiger partial charge >= 0.3 is 0 Å². The van der Waals surface area contributed by atoms with Crippen LogP contribution in [0.4, 0.5) is 15.8 Å². The van der Waals surface area contributed by atoms with E-state index in [2.05, 4.69) is 64.3 Å². The molecule has 3 aromatic rings. The van der Waals surface area contributed by atoms with Crippen molar-refractivity contribution in [3.8, 4) is 5.75 Å². The number of allylic oxidation sites excluding steroid dienone is 1. The number of halogens is 1. The van der Waals surface area contributed by atoms with Gasteiger partial charge in [0.05, 0.1) is 17.4 Å². The average molecular weight is 513 g/mol. The minimum absolute atomic E-state index is 0.0321. The molecule has 1 aliphatic heterocycles. The van der Waals surface area contributed by atoms with E-state index in [-0.39, 0.29) is 34.4 Å². The van der Waals surface area contributed by atoms with E-state index in [0.29, 0.717) is 18.6 Å². The van der Waals surface area contributed by atoms with Gasteiger partial charge in [0.1, 0.15) is 11.6 Å². The van der Waals surface area contributed by atoms with Crippen LogP contribution in [0.3, 0.4) is 0 Å². The molecular formula is C33H37FN2O2. The molecule has 2 atom stereocenters. The zero-order valence-corrected chi connectivity index (χ0v) is 23.1. The van der Waals surface area contributed by atoms with Crippen molar-refractivity contribution in [2.75, 3.05) is 10.6 Å². The Hall–Kier alpha value is -3.60. The van der Waals surface area contributed by atoms with Gasteiger partial charge < -0.3 is 15.7 Å². The smallest absolute Gasteiger partial charge is 0.163 e. The number of phenols is 1. The lowest BCUT2D eigenvalue weighted by atomic mass is 9.75. The second-order valence-corrected chi connectivity index (χ2v) is 12.7. The Bertz CT molecular complexity index is 1390. The molecule has 0 fully saturated rings. The SMILES string of the molecule is CC(C)(C)c1cc([C@H]2Nc3ccccc3NC3=C2C(=O)C[C@@H](c2ccc(F)cc2)C3)cc(C(C)(C)C)c1O. The number of ketones is 1. The maximum absolute atomic E-state index is 13.9. The first-order valence-electron chi connectivity index (χ1n) is 13.3. The van der Waals surface area contributed by atoms with Gasteiger partial charge in [-0.1, -0.05) is 65.8 Å².